The fourth-order valence-corrected chi connectivity index (χ4v) is 6.78. The smallest absolute Gasteiger partial charge is 0.304 e. The van der Waals surface area contributed by atoms with Gasteiger partial charge in [0, 0.05) is 44.2 Å². The molecule has 2 aliphatic rings. The molecule has 1 aliphatic heterocycles. The highest BCUT2D eigenvalue weighted by molar-refractivity contribution is 5.67. The Morgan fingerprint density at radius 3 is 2.45 bits per heavy atom. The van der Waals surface area contributed by atoms with Gasteiger partial charge in [-0.15, -0.1) is 5.10 Å². The third-order valence-corrected chi connectivity index (χ3v) is 9.05. The van der Waals surface area contributed by atoms with Crippen LogP contribution in [0.5, 0.6) is 11.6 Å². The highest BCUT2D eigenvalue weighted by atomic mass is 19.3. The minimum atomic E-state index is -3.20. The van der Waals surface area contributed by atoms with Crippen molar-refractivity contribution in [3.05, 3.63) is 55.0 Å². The van der Waals surface area contributed by atoms with Crippen LogP contribution in [0.4, 0.5) is 20.4 Å². The predicted octanol–water partition coefficient (Wildman–Crippen LogP) is 5.27. The Morgan fingerprint density at radius 1 is 1.06 bits per heavy atom. The first-order valence-electron chi connectivity index (χ1n) is 17.2. The molecule has 3 atom stereocenters. The molecule has 3 aromatic heterocycles. The van der Waals surface area contributed by atoms with Crippen LogP contribution in [0.1, 0.15) is 58.1 Å². The zero-order valence-electron chi connectivity index (χ0n) is 29.3. The van der Waals surface area contributed by atoms with Crippen molar-refractivity contribution in [1.82, 2.24) is 39.4 Å². The van der Waals surface area contributed by atoms with Crippen molar-refractivity contribution in [3.63, 3.8) is 0 Å². The lowest BCUT2D eigenvalue weighted by Crippen LogP contribution is -2.51. The van der Waals surface area contributed by atoms with Crippen LogP contribution in [0, 0.1) is 11.3 Å². The van der Waals surface area contributed by atoms with Gasteiger partial charge in [-0.1, -0.05) is 6.07 Å². The molecule has 0 bridgehead atoms. The number of rotatable bonds is 14. The fourth-order valence-electron chi connectivity index (χ4n) is 6.78. The molecule has 1 unspecified atom stereocenters. The molecule has 272 valence electrons. The third kappa shape index (κ3) is 9.34. The Hall–Kier alpha value is -4.72. The molecule has 1 aliphatic carbocycles. The molecule has 1 N–H and O–H groups in total. The van der Waals surface area contributed by atoms with Gasteiger partial charge >= 0.3 is 5.92 Å². The molecule has 1 saturated heterocycles. The summed E-state index contributed by atoms with van der Waals surface area (Å²) in [4.78, 5) is 15.5. The number of alkyl halides is 2. The summed E-state index contributed by atoms with van der Waals surface area (Å²) < 4.78 is 54.5. The molecule has 1 saturated carbocycles. The molecular weight excluding hydrogens is 662 g/mol. The van der Waals surface area contributed by atoms with Crippen LogP contribution in [0.15, 0.2) is 49.4 Å². The summed E-state index contributed by atoms with van der Waals surface area (Å²) in [6.07, 6.45) is 12.0. The van der Waals surface area contributed by atoms with Crippen molar-refractivity contribution in [2.45, 2.75) is 89.3 Å². The quantitative estimate of drug-likeness (QED) is 0.182. The molecule has 6 rings (SSSR count). The van der Waals surface area contributed by atoms with Crippen molar-refractivity contribution in [2.75, 3.05) is 38.7 Å². The highest BCUT2D eigenvalue weighted by Crippen LogP contribution is 2.36. The van der Waals surface area contributed by atoms with Gasteiger partial charge in [-0.25, -0.2) is 28.4 Å². The Labute approximate surface area is 295 Å². The summed E-state index contributed by atoms with van der Waals surface area (Å²) in [6, 6.07) is 7.98. The average molecular weight is 707 g/mol. The number of methoxy groups -OCH3 is 1. The maximum Gasteiger partial charge on any atom is 0.304 e. The van der Waals surface area contributed by atoms with E-state index in [1.807, 2.05) is 11.6 Å². The lowest BCUT2D eigenvalue weighted by Gasteiger charge is -2.42. The first kappa shape index (κ1) is 36.1. The van der Waals surface area contributed by atoms with E-state index in [1.54, 1.807) is 47.8 Å². The zero-order valence-corrected chi connectivity index (χ0v) is 29.3. The highest BCUT2D eigenvalue weighted by Gasteiger charge is 2.34. The van der Waals surface area contributed by atoms with Crippen LogP contribution in [0.25, 0.3) is 11.1 Å². The number of halogens is 2. The molecule has 2 fully saturated rings. The Kier molecular flexibility index (Phi) is 11.4. The summed E-state index contributed by atoms with van der Waals surface area (Å²) in [7, 11) is 1.22. The summed E-state index contributed by atoms with van der Waals surface area (Å²) in [6.45, 7) is 6.75. The standard InChI is InChI=1S/C35H44F2N10O4/c1-23-15-45(16-24(2)50-23)29-7-9-30(10-8-29)47-18-31(33(44-47)49-20-35(36,37)19-48-4)43-34-40-13-28(14-41-34)26-5-6-27(12-38)32(11-26)51-25(3)17-46-22-39-21-42-46/h5-6,11,13-14,18,21-25,29-30H,7-10,15-17,19-20H2,1-4H3,(H,40,41,43)/t23-,24+,25?,29?,30?. The molecule has 0 amide bonds. The molecule has 0 radical (unpaired) electrons. The van der Waals surface area contributed by atoms with Gasteiger partial charge in [0.1, 0.15) is 42.9 Å². The molecule has 14 nitrogen and oxygen atoms in total. The number of hydrogen-bond donors (Lipinski definition) is 1. The topological polar surface area (TPSA) is 150 Å². The van der Waals surface area contributed by atoms with Gasteiger partial charge in [-0.3, -0.25) is 9.58 Å². The first-order chi connectivity index (χ1) is 24.6. The largest absolute Gasteiger partial charge is 0.487 e. The number of nitrogens with zero attached hydrogens (tertiary/aromatic N) is 9. The Morgan fingerprint density at radius 2 is 1.78 bits per heavy atom. The molecule has 0 spiro atoms. The minimum absolute atomic E-state index is 0.0327. The van der Waals surface area contributed by atoms with Crippen LogP contribution < -0.4 is 14.8 Å². The normalized spacial score (nSPS) is 21.9. The maximum absolute atomic E-state index is 14.4. The van der Waals surface area contributed by atoms with E-state index in [-0.39, 0.29) is 36.2 Å². The van der Waals surface area contributed by atoms with Gasteiger partial charge in [0.2, 0.25) is 5.95 Å². The van der Waals surface area contributed by atoms with Crippen molar-refractivity contribution < 1.29 is 27.7 Å². The van der Waals surface area contributed by atoms with E-state index in [2.05, 4.69) is 60.0 Å². The van der Waals surface area contributed by atoms with Crippen molar-refractivity contribution in [3.8, 4) is 28.8 Å². The van der Waals surface area contributed by atoms with Gasteiger partial charge < -0.3 is 24.3 Å². The summed E-state index contributed by atoms with van der Waals surface area (Å²) >= 11 is 0. The summed E-state index contributed by atoms with van der Waals surface area (Å²) in [5.41, 5.74) is 2.20. The number of benzene rings is 1. The van der Waals surface area contributed by atoms with Gasteiger partial charge in [0.15, 0.2) is 6.61 Å². The average Bonchev–Trinajstić information content (AvgIpc) is 3.77. The van der Waals surface area contributed by atoms with E-state index in [0.717, 1.165) is 44.3 Å². The van der Waals surface area contributed by atoms with E-state index < -0.39 is 19.1 Å². The van der Waals surface area contributed by atoms with E-state index in [9.17, 15) is 14.0 Å². The van der Waals surface area contributed by atoms with E-state index in [1.165, 1.54) is 13.4 Å². The fraction of sp³-hybridized carbons (Fsp3) is 0.543. The molecule has 51 heavy (non-hydrogen) atoms. The molecule has 1 aromatic carbocycles. The van der Waals surface area contributed by atoms with Gasteiger partial charge in [0.05, 0.1) is 36.6 Å². The first-order valence-corrected chi connectivity index (χ1v) is 17.2. The van der Waals surface area contributed by atoms with E-state index >= 15 is 0 Å². The zero-order chi connectivity index (χ0) is 36.0. The lowest BCUT2D eigenvalue weighted by atomic mass is 9.89. The SMILES string of the molecule is COCC(F)(F)COc1nn(C2CCC(N3C[C@@H](C)O[C@@H](C)C3)CC2)cc1Nc1ncc(-c2ccc(C#N)c(OC(C)Cn3cncn3)c2)cn1. The van der Waals surface area contributed by atoms with Crippen LogP contribution >= 0.6 is 0 Å². The van der Waals surface area contributed by atoms with Crippen LogP contribution in [-0.4, -0.2) is 103 Å². The lowest BCUT2D eigenvalue weighted by molar-refractivity contribution is -0.0918. The molecular formula is C35H44F2N10O4. The molecule has 4 aromatic rings. The van der Waals surface area contributed by atoms with Gasteiger partial charge in [0.25, 0.3) is 5.88 Å². The van der Waals surface area contributed by atoms with Crippen LogP contribution in [-0.2, 0) is 16.0 Å². The number of ether oxygens (including phenoxy) is 4. The number of hydrogen-bond acceptors (Lipinski definition) is 12. The van der Waals surface area contributed by atoms with Crippen LogP contribution in [0.2, 0.25) is 0 Å². The third-order valence-electron chi connectivity index (χ3n) is 9.05. The summed E-state index contributed by atoms with van der Waals surface area (Å²) in [5.74, 6) is -2.51. The number of morpholine rings is 1. The number of anilines is 2. The number of nitriles is 1. The Bertz CT molecular complexity index is 1750. The van der Waals surface area contributed by atoms with Crippen molar-refractivity contribution in [2.24, 2.45) is 0 Å². The predicted molar refractivity (Wildman–Crippen MR) is 183 cm³/mol. The number of aromatic nitrogens is 7. The van der Waals surface area contributed by atoms with Crippen molar-refractivity contribution >= 4 is 11.6 Å². The van der Waals surface area contributed by atoms with E-state index in [4.69, 9.17) is 14.2 Å². The number of nitrogens with one attached hydrogen (secondary N) is 1. The van der Waals surface area contributed by atoms with Crippen LogP contribution in [0.3, 0.4) is 0 Å². The second-order valence-corrected chi connectivity index (χ2v) is 13.4. The minimum Gasteiger partial charge on any atom is -0.487 e. The summed E-state index contributed by atoms with van der Waals surface area (Å²) in [5, 5.41) is 21.5. The maximum atomic E-state index is 14.4. The van der Waals surface area contributed by atoms with Gasteiger partial charge in [-0.2, -0.15) is 10.4 Å². The molecule has 16 heteroatoms. The molecule has 4 heterocycles. The Balaban J connectivity index is 1.15. The van der Waals surface area contributed by atoms with E-state index in [0.29, 0.717) is 35.2 Å². The second kappa shape index (κ2) is 16.1. The second-order valence-electron chi connectivity index (χ2n) is 13.4. The monoisotopic (exact) mass is 706 g/mol. The van der Waals surface area contributed by atoms with Gasteiger partial charge in [-0.05, 0) is 64.2 Å². The van der Waals surface area contributed by atoms with Crippen molar-refractivity contribution in [1.29, 1.82) is 5.26 Å².